The van der Waals surface area contributed by atoms with Gasteiger partial charge in [-0.3, -0.25) is 0 Å². The monoisotopic (exact) mass is 231 g/mol. The average Bonchev–Trinajstić information content (AvgIpc) is 2.37. The minimum Gasteiger partial charge on any atom is -0.354 e. The highest BCUT2D eigenvalue weighted by Gasteiger charge is 2.06. The van der Waals surface area contributed by atoms with Crippen molar-refractivity contribution in [2.45, 2.75) is 13.3 Å². The molecule has 2 aromatic rings. The standard InChI is InChI=1S/C13H14FN3/c1-2-8-15-13-16-9-7-12(17-13)10-5-3-4-6-11(10)14/h3-7,9H,2,8H2,1H3,(H,15,16,17). The maximum absolute atomic E-state index is 13.6. The highest BCUT2D eigenvalue weighted by atomic mass is 19.1. The van der Waals surface area contributed by atoms with Gasteiger partial charge in [-0.25, -0.2) is 14.4 Å². The van der Waals surface area contributed by atoms with Crippen molar-refractivity contribution in [2.75, 3.05) is 11.9 Å². The molecule has 0 saturated heterocycles. The average molecular weight is 231 g/mol. The van der Waals surface area contributed by atoms with Gasteiger partial charge in [0.15, 0.2) is 0 Å². The first-order valence-electron chi connectivity index (χ1n) is 5.63. The number of benzene rings is 1. The number of rotatable bonds is 4. The molecule has 0 bridgehead atoms. The van der Waals surface area contributed by atoms with Crippen LogP contribution in [0, 0.1) is 5.82 Å². The lowest BCUT2D eigenvalue weighted by Gasteiger charge is -2.05. The summed E-state index contributed by atoms with van der Waals surface area (Å²) in [6.45, 7) is 2.87. The van der Waals surface area contributed by atoms with Gasteiger partial charge in [-0.1, -0.05) is 19.1 Å². The lowest BCUT2D eigenvalue weighted by molar-refractivity contribution is 0.630. The van der Waals surface area contributed by atoms with E-state index in [1.807, 2.05) is 0 Å². The second-order valence-corrected chi connectivity index (χ2v) is 3.67. The summed E-state index contributed by atoms with van der Waals surface area (Å²) in [5.41, 5.74) is 1.09. The van der Waals surface area contributed by atoms with Crippen LogP contribution in [0.3, 0.4) is 0 Å². The van der Waals surface area contributed by atoms with E-state index in [0.717, 1.165) is 13.0 Å². The van der Waals surface area contributed by atoms with Gasteiger partial charge in [0.1, 0.15) is 5.82 Å². The van der Waals surface area contributed by atoms with Gasteiger partial charge < -0.3 is 5.32 Å². The summed E-state index contributed by atoms with van der Waals surface area (Å²) in [6.07, 6.45) is 2.63. The molecule has 1 heterocycles. The molecule has 3 nitrogen and oxygen atoms in total. The molecule has 0 fully saturated rings. The molecular formula is C13H14FN3. The number of anilines is 1. The van der Waals surface area contributed by atoms with Gasteiger partial charge in [-0.2, -0.15) is 0 Å². The quantitative estimate of drug-likeness (QED) is 0.878. The fourth-order valence-electron chi connectivity index (χ4n) is 1.50. The van der Waals surface area contributed by atoms with Gasteiger partial charge in [-0.15, -0.1) is 0 Å². The predicted octanol–water partition coefficient (Wildman–Crippen LogP) is 3.10. The minimum atomic E-state index is -0.271. The summed E-state index contributed by atoms with van der Waals surface area (Å²) >= 11 is 0. The van der Waals surface area contributed by atoms with Crippen molar-refractivity contribution in [3.8, 4) is 11.3 Å². The Balaban J connectivity index is 2.30. The van der Waals surface area contributed by atoms with Gasteiger partial charge in [0.05, 0.1) is 5.69 Å². The zero-order valence-electron chi connectivity index (χ0n) is 9.65. The Labute approximate surface area is 99.7 Å². The van der Waals surface area contributed by atoms with E-state index in [-0.39, 0.29) is 5.82 Å². The molecule has 2 rings (SSSR count). The summed E-state index contributed by atoms with van der Waals surface area (Å²) in [7, 11) is 0. The molecule has 0 aliphatic heterocycles. The molecule has 17 heavy (non-hydrogen) atoms. The van der Waals surface area contributed by atoms with Crippen molar-refractivity contribution in [3.63, 3.8) is 0 Å². The third-order valence-corrected chi connectivity index (χ3v) is 2.34. The van der Waals surface area contributed by atoms with E-state index in [9.17, 15) is 4.39 Å². The molecule has 0 amide bonds. The van der Waals surface area contributed by atoms with Gasteiger partial charge in [0, 0.05) is 18.3 Å². The number of hydrogen-bond donors (Lipinski definition) is 1. The number of aromatic nitrogens is 2. The van der Waals surface area contributed by atoms with E-state index in [1.54, 1.807) is 30.5 Å². The first-order valence-corrected chi connectivity index (χ1v) is 5.63. The van der Waals surface area contributed by atoms with Crippen LogP contribution in [0.2, 0.25) is 0 Å². The van der Waals surface area contributed by atoms with Crippen LogP contribution in [0.25, 0.3) is 11.3 Å². The Kier molecular flexibility index (Phi) is 3.65. The molecule has 0 saturated carbocycles. The fraction of sp³-hybridized carbons (Fsp3) is 0.231. The molecule has 0 radical (unpaired) electrons. The van der Waals surface area contributed by atoms with E-state index in [0.29, 0.717) is 17.2 Å². The van der Waals surface area contributed by atoms with E-state index in [1.165, 1.54) is 6.07 Å². The second kappa shape index (κ2) is 5.39. The van der Waals surface area contributed by atoms with Gasteiger partial charge in [0.25, 0.3) is 0 Å². The molecule has 88 valence electrons. The van der Waals surface area contributed by atoms with Crippen LogP contribution >= 0.6 is 0 Å². The zero-order chi connectivity index (χ0) is 12.1. The first-order chi connectivity index (χ1) is 8.31. The van der Waals surface area contributed by atoms with Crippen LogP contribution in [0.15, 0.2) is 36.5 Å². The highest BCUT2D eigenvalue weighted by Crippen LogP contribution is 2.20. The third kappa shape index (κ3) is 2.78. The Hall–Kier alpha value is -1.97. The van der Waals surface area contributed by atoms with Crippen LogP contribution in [-0.2, 0) is 0 Å². The smallest absolute Gasteiger partial charge is 0.223 e. The van der Waals surface area contributed by atoms with Crippen molar-refractivity contribution in [1.82, 2.24) is 9.97 Å². The third-order valence-electron chi connectivity index (χ3n) is 2.34. The van der Waals surface area contributed by atoms with E-state index >= 15 is 0 Å². The predicted molar refractivity (Wildman–Crippen MR) is 66.2 cm³/mol. The van der Waals surface area contributed by atoms with Gasteiger partial charge >= 0.3 is 0 Å². The SMILES string of the molecule is CCCNc1nccc(-c2ccccc2F)n1. The molecule has 0 unspecified atom stereocenters. The number of hydrogen-bond acceptors (Lipinski definition) is 3. The summed E-state index contributed by atoms with van der Waals surface area (Å²) in [5, 5.41) is 3.08. The summed E-state index contributed by atoms with van der Waals surface area (Å²) in [6, 6.07) is 8.29. The molecule has 1 aromatic heterocycles. The lowest BCUT2D eigenvalue weighted by Crippen LogP contribution is -2.04. The summed E-state index contributed by atoms with van der Waals surface area (Å²) < 4.78 is 13.6. The summed E-state index contributed by atoms with van der Waals surface area (Å²) in [4.78, 5) is 8.37. The molecule has 0 spiro atoms. The number of nitrogens with zero attached hydrogens (tertiary/aromatic N) is 2. The number of nitrogens with one attached hydrogen (secondary N) is 1. The van der Waals surface area contributed by atoms with Crippen LogP contribution < -0.4 is 5.32 Å². The molecule has 0 atom stereocenters. The van der Waals surface area contributed by atoms with Gasteiger partial charge in [0.2, 0.25) is 5.95 Å². The van der Waals surface area contributed by atoms with Crippen LogP contribution in [-0.4, -0.2) is 16.5 Å². The summed E-state index contributed by atoms with van der Waals surface area (Å²) in [5.74, 6) is 0.264. The Morgan fingerprint density at radius 1 is 1.24 bits per heavy atom. The van der Waals surface area contributed by atoms with Crippen molar-refractivity contribution in [3.05, 3.63) is 42.3 Å². The largest absolute Gasteiger partial charge is 0.354 e. The molecule has 0 aliphatic rings. The van der Waals surface area contributed by atoms with Crippen molar-refractivity contribution < 1.29 is 4.39 Å². The van der Waals surface area contributed by atoms with Crippen molar-refractivity contribution >= 4 is 5.95 Å². The van der Waals surface area contributed by atoms with Crippen molar-refractivity contribution in [2.24, 2.45) is 0 Å². The van der Waals surface area contributed by atoms with Crippen LogP contribution in [0.1, 0.15) is 13.3 Å². The first kappa shape index (κ1) is 11.5. The maximum atomic E-state index is 13.6. The van der Waals surface area contributed by atoms with E-state index < -0.39 is 0 Å². The Morgan fingerprint density at radius 2 is 2.06 bits per heavy atom. The van der Waals surface area contributed by atoms with E-state index in [4.69, 9.17) is 0 Å². The molecule has 1 aromatic carbocycles. The lowest BCUT2D eigenvalue weighted by atomic mass is 10.1. The Bertz CT molecular complexity index is 500. The number of halogens is 1. The zero-order valence-corrected chi connectivity index (χ0v) is 9.65. The van der Waals surface area contributed by atoms with Crippen LogP contribution in [0.4, 0.5) is 10.3 Å². The normalized spacial score (nSPS) is 10.2. The maximum Gasteiger partial charge on any atom is 0.223 e. The van der Waals surface area contributed by atoms with Crippen molar-refractivity contribution in [1.29, 1.82) is 0 Å². The molecule has 1 N–H and O–H groups in total. The Morgan fingerprint density at radius 3 is 2.82 bits per heavy atom. The highest BCUT2D eigenvalue weighted by molar-refractivity contribution is 5.60. The molecule has 0 aliphatic carbocycles. The van der Waals surface area contributed by atoms with Crippen LogP contribution in [0.5, 0.6) is 0 Å². The second-order valence-electron chi connectivity index (χ2n) is 3.67. The van der Waals surface area contributed by atoms with E-state index in [2.05, 4.69) is 22.2 Å². The molecule has 4 heteroatoms. The topological polar surface area (TPSA) is 37.8 Å². The van der Waals surface area contributed by atoms with Gasteiger partial charge in [-0.05, 0) is 24.6 Å². The minimum absolute atomic E-state index is 0.271. The fourth-order valence-corrected chi connectivity index (χ4v) is 1.50. The molecular weight excluding hydrogens is 217 g/mol.